The molecule has 258 valence electrons. The molecule has 0 aromatic carbocycles. The molecule has 0 radical (unpaired) electrons. The van der Waals surface area contributed by atoms with E-state index < -0.39 is 36.5 Å². The lowest BCUT2D eigenvalue weighted by Crippen LogP contribution is -2.36. The number of unbranched alkanes of at least 4 members (excludes halogenated alkanes) is 18. The topological polar surface area (TPSA) is 159 Å². The van der Waals surface area contributed by atoms with Crippen LogP contribution in [0.1, 0.15) is 178 Å². The maximum Gasteiger partial charge on any atom is 0.307 e. The van der Waals surface area contributed by atoms with E-state index >= 15 is 0 Å². The van der Waals surface area contributed by atoms with Crippen LogP contribution >= 0.6 is 0 Å². The fourth-order valence-electron chi connectivity index (χ4n) is 5.51. The Hall–Kier alpha value is -2.27. The molecule has 0 bridgehead atoms. The van der Waals surface area contributed by atoms with Gasteiger partial charge in [-0.1, -0.05) is 122 Å². The van der Waals surface area contributed by atoms with Crippen molar-refractivity contribution in [3.05, 3.63) is 36.2 Å². The molecule has 0 aliphatic heterocycles. The van der Waals surface area contributed by atoms with Crippen molar-refractivity contribution in [3.63, 3.8) is 0 Å². The van der Waals surface area contributed by atoms with Gasteiger partial charge in [-0.3, -0.25) is 4.79 Å². The van der Waals surface area contributed by atoms with Gasteiger partial charge in [0.15, 0.2) is 12.2 Å². The van der Waals surface area contributed by atoms with E-state index in [1.807, 2.05) is 0 Å². The largest absolute Gasteiger partial charge is 0.445 e. The first-order valence-electron chi connectivity index (χ1n) is 17.6. The number of nitrogens with zero attached hydrogens (tertiary/aromatic N) is 2. The molecule has 10 heteroatoms. The molecule has 4 N–H and O–H groups in total. The van der Waals surface area contributed by atoms with E-state index in [4.69, 9.17) is 13.6 Å². The zero-order chi connectivity index (χ0) is 32.7. The Morgan fingerprint density at radius 1 is 0.778 bits per heavy atom. The van der Waals surface area contributed by atoms with E-state index in [0.717, 1.165) is 19.3 Å². The minimum atomic E-state index is -1.42. The average molecular weight is 637 g/mol. The highest BCUT2D eigenvalue weighted by atomic mass is 16.6. The molecule has 45 heavy (non-hydrogen) atoms. The van der Waals surface area contributed by atoms with Crippen LogP contribution in [0.15, 0.2) is 27.7 Å². The van der Waals surface area contributed by atoms with E-state index in [1.54, 1.807) is 0 Å². The van der Waals surface area contributed by atoms with Crippen molar-refractivity contribution in [1.29, 1.82) is 0 Å². The van der Waals surface area contributed by atoms with Crippen LogP contribution in [0.2, 0.25) is 0 Å². The van der Waals surface area contributed by atoms with E-state index in [0.29, 0.717) is 0 Å². The van der Waals surface area contributed by atoms with Crippen LogP contribution < -0.4 is 0 Å². The predicted octanol–water partition coefficient (Wildman–Crippen LogP) is 7.64. The molecule has 2 rings (SSSR count). The standard InChI is InChI=1S/C35H60N2O8/c1-3-4-5-6-7-8-9-10-11-12-13-14-15-16-17-18-19-20-21-22-32(41)45-34(31-24-36-26-44-31)35-37-28(25-43-35)29(39)23-30(40)33(42)27(2)38/h24-27,29-30,33-34,38-40,42H,3-23H2,1-2H3. The molecule has 0 aliphatic rings. The van der Waals surface area contributed by atoms with Crippen LogP contribution in [0, 0.1) is 0 Å². The third-order valence-electron chi connectivity index (χ3n) is 8.40. The van der Waals surface area contributed by atoms with Crippen LogP contribution in [0.5, 0.6) is 0 Å². The van der Waals surface area contributed by atoms with Gasteiger partial charge in [0.2, 0.25) is 12.0 Å². The molecule has 0 amide bonds. The normalized spacial score (nSPS) is 15.1. The van der Waals surface area contributed by atoms with Gasteiger partial charge in [-0.25, -0.2) is 9.97 Å². The monoisotopic (exact) mass is 636 g/mol. The summed E-state index contributed by atoms with van der Waals surface area (Å²) in [5.41, 5.74) is 0.0845. The summed E-state index contributed by atoms with van der Waals surface area (Å²) in [4.78, 5) is 20.8. The molecule has 0 fully saturated rings. The fourth-order valence-corrected chi connectivity index (χ4v) is 5.51. The number of aromatic nitrogens is 2. The Labute approximate surface area is 270 Å². The van der Waals surface area contributed by atoms with E-state index in [9.17, 15) is 25.2 Å². The van der Waals surface area contributed by atoms with E-state index in [-0.39, 0.29) is 30.2 Å². The van der Waals surface area contributed by atoms with Crippen LogP contribution in [0.3, 0.4) is 0 Å². The van der Waals surface area contributed by atoms with E-state index in [2.05, 4.69) is 16.9 Å². The summed E-state index contributed by atoms with van der Waals surface area (Å²) in [6.07, 6.45) is 21.9. The second kappa shape index (κ2) is 24.0. The molecule has 2 heterocycles. The molecule has 2 aromatic heterocycles. The van der Waals surface area contributed by atoms with Crippen molar-refractivity contribution in [2.24, 2.45) is 0 Å². The fraction of sp³-hybridized carbons (Fsp3) is 0.800. The Bertz CT molecular complexity index is 980. The first-order chi connectivity index (χ1) is 21.8. The number of esters is 1. The van der Waals surface area contributed by atoms with Crippen molar-refractivity contribution in [1.82, 2.24) is 9.97 Å². The van der Waals surface area contributed by atoms with Gasteiger partial charge in [0.05, 0.1) is 18.4 Å². The van der Waals surface area contributed by atoms with Crippen LogP contribution in [0.25, 0.3) is 0 Å². The molecule has 0 aliphatic carbocycles. The van der Waals surface area contributed by atoms with Crippen LogP contribution in [-0.4, -0.2) is 54.7 Å². The lowest BCUT2D eigenvalue weighted by atomic mass is 10.0. The number of carbonyl (C=O) groups excluding carboxylic acids is 1. The quantitative estimate of drug-likeness (QED) is 0.0540. The summed E-state index contributed by atoms with van der Waals surface area (Å²) in [7, 11) is 0. The number of oxazole rings is 2. The maximum absolute atomic E-state index is 12.6. The smallest absolute Gasteiger partial charge is 0.307 e. The predicted molar refractivity (Wildman–Crippen MR) is 172 cm³/mol. The molecule has 0 saturated heterocycles. The highest BCUT2D eigenvalue weighted by Crippen LogP contribution is 2.29. The number of rotatable bonds is 28. The number of aliphatic hydroxyl groups is 4. The summed E-state index contributed by atoms with van der Waals surface area (Å²) in [5, 5.41) is 39.7. The second-order valence-corrected chi connectivity index (χ2v) is 12.5. The first kappa shape index (κ1) is 38.9. The van der Waals surface area contributed by atoms with Gasteiger partial charge in [-0.15, -0.1) is 0 Å². The molecule has 0 saturated carbocycles. The van der Waals surface area contributed by atoms with Gasteiger partial charge in [0.1, 0.15) is 24.2 Å². The molecule has 5 unspecified atom stereocenters. The molecule has 2 aromatic rings. The van der Waals surface area contributed by atoms with Crippen molar-refractivity contribution in [2.45, 2.75) is 179 Å². The molecule has 10 nitrogen and oxygen atoms in total. The average Bonchev–Trinajstić information content (AvgIpc) is 3.74. The Kier molecular flexibility index (Phi) is 20.7. The highest BCUT2D eigenvalue weighted by molar-refractivity contribution is 5.69. The molecular weight excluding hydrogens is 576 g/mol. The Morgan fingerprint density at radius 3 is 1.76 bits per heavy atom. The van der Waals surface area contributed by atoms with Gasteiger partial charge in [-0.05, 0) is 13.3 Å². The van der Waals surface area contributed by atoms with Crippen molar-refractivity contribution >= 4 is 5.97 Å². The SMILES string of the molecule is CCCCCCCCCCCCCCCCCCCCCC(=O)OC(c1cnco1)c1nc(C(O)CC(O)C(O)C(C)O)co1. The Balaban J connectivity index is 1.56. The summed E-state index contributed by atoms with van der Waals surface area (Å²) in [6.45, 7) is 3.61. The minimum Gasteiger partial charge on any atom is -0.445 e. The summed E-state index contributed by atoms with van der Waals surface area (Å²) >= 11 is 0. The van der Waals surface area contributed by atoms with Gasteiger partial charge in [-0.2, -0.15) is 0 Å². The van der Waals surface area contributed by atoms with E-state index in [1.165, 1.54) is 129 Å². The van der Waals surface area contributed by atoms with Gasteiger partial charge in [0, 0.05) is 12.8 Å². The zero-order valence-corrected chi connectivity index (χ0v) is 27.8. The summed E-state index contributed by atoms with van der Waals surface area (Å²) in [6, 6.07) is 0. The van der Waals surface area contributed by atoms with Crippen molar-refractivity contribution in [3.8, 4) is 0 Å². The highest BCUT2D eigenvalue weighted by Gasteiger charge is 2.30. The van der Waals surface area contributed by atoms with Crippen LogP contribution in [0.4, 0.5) is 0 Å². The molecule has 5 atom stereocenters. The number of ether oxygens (including phenoxy) is 1. The molecule has 0 spiro atoms. The molecular formula is C35H60N2O8. The Morgan fingerprint density at radius 2 is 1.29 bits per heavy atom. The lowest BCUT2D eigenvalue weighted by Gasteiger charge is -2.21. The minimum absolute atomic E-state index is 0.00659. The first-order valence-corrected chi connectivity index (χ1v) is 17.6. The third-order valence-corrected chi connectivity index (χ3v) is 8.40. The number of hydrogen-bond acceptors (Lipinski definition) is 10. The van der Waals surface area contributed by atoms with Gasteiger partial charge in [0.25, 0.3) is 0 Å². The van der Waals surface area contributed by atoms with Gasteiger partial charge >= 0.3 is 5.97 Å². The third kappa shape index (κ3) is 16.7. The summed E-state index contributed by atoms with van der Waals surface area (Å²) < 4.78 is 16.4. The lowest BCUT2D eigenvalue weighted by molar-refractivity contribution is -0.149. The van der Waals surface area contributed by atoms with Crippen molar-refractivity contribution < 1.29 is 38.8 Å². The van der Waals surface area contributed by atoms with Crippen molar-refractivity contribution in [2.75, 3.05) is 0 Å². The second-order valence-electron chi connectivity index (χ2n) is 12.5. The maximum atomic E-state index is 12.6. The summed E-state index contributed by atoms with van der Waals surface area (Å²) in [5.74, 6) is -0.198. The van der Waals surface area contributed by atoms with Crippen LogP contribution in [-0.2, 0) is 9.53 Å². The number of hydrogen-bond donors (Lipinski definition) is 4. The zero-order valence-electron chi connectivity index (χ0n) is 27.8. The number of carbonyl (C=O) groups is 1. The number of aliphatic hydroxyl groups excluding tert-OH is 4. The van der Waals surface area contributed by atoms with Gasteiger partial charge < -0.3 is 34.0 Å².